The zero-order valence-corrected chi connectivity index (χ0v) is 15.2. The fraction of sp³-hybridized carbons (Fsp3) is 0.455. The Morgan fingerprint density at radius 2 is 1.54 bits per heavy atom. The van der Waals surface area contributed by atoms with Crippen molar-refractivity contribution < 1.29 is 4.84 Å². The molecule has 0 aliphatic rings. The first-order valence-corrected chi connectivity index (χ1v) is 9.22. The lowest BCUT2D eigenvalue weighted by atomic mass is 9.94. The molecule has 0 radical (unpaired) electrons. The maximum absolute atomic E-state index is 6.05. The van der Waals surface area contributed by atoms with Gasteiger partial charge < -0.3 is 0 Å². The third-order valence-corrected chi connectivity index (χ3v) is 4.42. The van der Waals surface area contributed by atoms with Crippen LogP contribution in [-0.2, 0) is 11.4 Å². The van der Waals surface area contributed by atoms with Gasteiger partial charge in [0.15, 0.2) is 0 Å². The lowest BCUT2D eigenvalue weighted by Crippen LogP contribution is -2.22. The Kier molecular flexibility index (Phi) is 8.58. The molecule has 2 aromatic rings. The van der Waals surface area contributed by atoms with Crippen molar-refractivity contribution in [2.24, 2.45) is 0 Å². The van der Waals surface area contributed by atoms with E-state index in [0.717, 1.165) is 13.2 Å². The Morgan fingerprint density at radius 1 is 0.875 bits per heavy atom. The summed E-state index contributed by atoms with van der Waals surface area (Å²) in [5.41, 5.74) is 2.67. The molecule has 0 aliphatic heterocycles. The van der Waals surface area contributed by atoms with Crippen LogP contribution in [0.2, 0.25) is 0 Å². The summed E-state index contributed by atoms with van der Waals surface area (Å²) < 4.78 is 0. The minimum atomic E-state index is 0.473. The summed E-state index contributed by atoms with van der Waals surface area (Å²) in [6.45, 7) is 3.83. The average molecular weight is 325 g/mol. The molecule has 0 bridgehead atoms. The second-order valence-electron chi connectivity index (χ2n) is 6.52. The molecule has 2 nitrogen and oxygen atoms in total. The third-order valence-electron chi connectivity index (χ3n) is 4.42. The smallest absolute Gasteiger partial charge is 0.0753 e. The second kappa shape index (κ2) is 11.0. The molecule has 1 unspecified atom stereocenters. The van der Waals surface area contributed by atoms with Crippen molar-refractivity contribution >= 4 is 0 Å². The second-order valence-corrected chi connectivity index (χ2v) is 6.52. The van der Waals surface area contributed by atoms with Crippen LogP contribution in [0.3, 0.4) is 0 Å². The summed E-state index contributed by atoms with van der Waals surface area (Å²) in [5.74, 6) is 0.473. The van der Waals surface area contributed by atoms with Gasteiger partial charge >= 0.3 is 0 Å². The predicted molar refractivity (Wildman–Crippen MR) is 102 cm³/mol. The molecule has 24 heavy (non-hydrogen) atoms. The Balaban J connectivity index is 1.85. The average Bonchev–Trinajstić information content (AvgIpc) is 2.62. The Bertz CT molecular complexity index is 540. The number of hydroxylamine groups is 2. The molecule has 2 rings (SSSR count). The SMILES string of the molecule is CCCCCCC(CON(C)Cc1ccccc1)c1ccccc1. The molecular weight excluding hydrogens is 294 g/mol. The number of benzene rings is 2. The number of nitrogens with zero attached hydrogens (tertiary/aromatic N) is 1. The molecule has 0 heterocycles. The van der Waals surface area contributed by atoms with E-state index in [9.17, 15) is 0 Å². The zero-order chi connectivity index (χ0) is 17.0. The molecule has 130 valence electrons. The van der Waals surface area contributed by atoms with Crippen LogP contribution in [0.5, 0.6) is 0 Å². The molecule has 0 saturated carbocycles. The molecular formula is C22H31NO. The molecule has 0 fully saturated rings. The molecule has 0 spiro atoms. The Hall–Kier alpha value is -1.64. The van der Waals surface area contributed by atoms with E-state index in [1.165, 1.54) is 43.2 Å². The van der Waals surface area contributed by atoms with Crippen molar-refractivity contribution in [1.29, 1.82) is 0 Å². The number of hydrogen-bond donors (Lipinski definition) is 0. The molecule has 2 heteroatoms. The topological polar surface area (TPSA) is 12.5 Å². The highest BCUT2D eigenvalue weighted by molar-refractivity contribution is 5.19. The van der Waals surface area contributed by atoms with Gasteiger partial charge in [-0.05, 0) is 17.5 Å². The van der Waals surface area contributed by atoms with E-state index >= 15 is 0 Å². The van der Waals surface area contributed by atoms with Gasteiger partial charge in [-0.1, -0.05) is 93.3 Å². The fourth-order valence-electron chi connectivity index (χ4n) is 2.99. The molecule has 0 aliphatic carbocycles. The van der Waals surface area contributed by atoms with Crippen LogP contribution in [0.4, 0.5) is 0 Å². The van der Waals surface area contributed by atoms with E-state index in [2.05, 4.69) is 61.5 Å². The third kappa shape index (κ3) is 6.86. The van der Waals surface area contributed by atoms with Crippen LogP contribution in [-0.4, -0.2) is 18.7 Å². The summed E-state index contributed by atoms with van der Waals surface area (Å²) in [6.07, 6.45) is 6.41. The van der Waals surface area contributed by atoms with Crippen LogP contribution < -0.4 is 0 Å². The first-order chi connectivity index (χ1) is 11.8. The van der Waals surface area contributed by atoms with E-state index in [1.807, 2.05) is 18.2 Å². The molecule has 2 aromatic carbocycles. The van der Waals surface area contributed by atoms with E-state index in [1.54, 1.807) is 0 Å². The summed E-state index contributed by atoms with van der Waals surface area (Å²) in [6, 6.07) is 21.3. The van der Waals surface area contributed by atoms with Crippen LogP contribution in [0, 0.1) is 0 Å². The van der Waals surface area contributed by atoms with Crippen LogP contribution >= 0.6 is 0 Å². The van der Waals surface area contributed by atoms with Gasteiger partial charge in [0.1, 0.15) is 0 Å². The van der Waals surface area contributed by atoms with Gasteiger partial charge in [0.05, 0.1) is 6.61 Å². The minimum Gasteiger partial charge on any atom is -0.298 e. The summed E-state index contributed by atoms with van der Waals surface area (Å²) >= 11 is 0. The molecule has 0 saturated heterocycles. The molecule has 0 N–H and O–H groups in total. The first-order valence-electron chi connectivity index (χ1n) is 9.22. The number of rotatable bonds is 11. The van der Waals surface area contributed by atoms with Crippen molar-refractivity contribution in [1.82, 2.24) is 5.06 Å². The number of hydrogen-bond acceptors (Lipinski definition) is 2. The standard InChI is InChI=1S/C22H31NO/c1-3-4-5-10-17-22(21-15-11-7-12-16-21)19-24-23(2)18-20-13-8-6-9-14-20/h6-9,11-16,22H,3-5,10,17-19H2,1-2H3. The molecule has 1 atom stereocenters. The lowest BCUT2D eigenvalue weighted by molar-refractivity contribution is -0.152. The fourth-order valence-corrected chi connectivity index (χ4v) is 2.99. The van der Waals surface area contributed by atoms with Gasteiger partial charge in [-0.3, -0.25) is 4.84 Å². The van der Waals surface area contributed by atoms with Crippen LogP contribution in [0.25, 0.3) is 0 Å². The van der Waals surface area contributed by atoms with Gasteiger partial charge in [-0.15, -0.1) is 0 Å². The van der Waals surface area contributed by atoms with Gasteiger partial charge in [0, 0.05) is 19.5 Å². The summed E-state index contributed by atoms with van der Waals surface area (Å²) in [5, 5.41) is 1.96. The highest BCUT2D eigenvalue weighted by atomic mass is 16.7. The normalized spacial score (nSPS) is 12.5. The van der Waals surface area contributed by atoms with E-state index < -0.39 is 0 Å². The maximum atomic E-state index is 6.05. The quantitative estimate of drug-likeness (QED) is 0.382. The first kappa shape index (κ1) is 18.7. The predicted octanol–water partition coefficient (Wildman–Crippen LogP) is 5.80. The Labute approximate surface area is 147 Å². The molecule has 0 amide bonds. The summed E-state index contributed by atoms with van der Waals surface area (Å²) in [7, 11) is 2.02. The monoisotopic (exact) mass is 325 g/mol. The van der Waals surface area contributed by atoms with E-state index in [4.69, 9.17) is 4.84 Å². The van der Waals surface area contributed by atoms with Crippen molar-refractivity contribution in [3.63, 3.8) is 0 Å². The van der Waals surface area contributed by atoms with E-state index in [-0.39, 0.29) is 0 Å². The van der Waals surface area contributed by atoms with Crippen LogP contribution in [0.15, 0.2) is 60.7 Å². The van der Waals surface area contributed by atoms with Crippen molar-refractivity contribution in [2.45, 2.75) is 51.5 Å². The van der Waals surface area contributed by atoms with Crippen molar-refractivity contribution in [3.05, 3.63) is 71.8 Å². The molecule has 0 aromatic heterocycles. The van der Waals surface area contributed by atoms with Crippen molar-refractivity contribution in [2.75, 3.05) is 13.7 Å². The van der Waals surface area contributed by atoms with Crippen molar-refractivity contribution in [3.8, 4) is 0 Å². The highest BCUT2D eigenvalue weighted by Crippen LogP contribution is 2.23. The van der Waals surface area contributed by atoms with Gasteiger partial charge in [0.25, 0.3) is 0 Å². The maximum Gasteiger partial charge on any atom is 0.0753 e. The zero-order valence-electron chi connectivity index (χ0n) is 15.2. The largest absolute Gasteiger partial charge is 0.298 e. The lowest BCUT2D eigenvalue weighted by Gasteiger charge is -2.22. The number of unbranched alkanes of at least 4 members (excludes halogenated alkanes) is 3. The minimum absolute atomic E-state index is 0.473. The van der Waals surface area contributed by atoms with Gasteiger partial charge in [-0.2, -0.15) is 5.06 Å². The van der Waals surface area contributed by atoms with Gasteiger partial charge in [0.2, 0.25) is 0 Å². The highest BCUT2D eigenvalue weighted by Gasteiger charge is 2.13. The van der Waals surface area contributed by atoms with E-state index in [0.29, 0.717) is 5.92 Å². The van der Waals surface area contributed by atoms with Gasteiger partial charge in [-0.25, -0.2) is 0 Å². The Morgan fingerprint density at radius 3 is 2.21 bits per heavy atom. The summed E-state index contributed by atoms with van der Waals surface area (Å²) in [4.78, 5) is 6.05. The van der Waals surface area contributed by atoms with Crippen LogP contribution in [0.1, 0.15) is 56.1 Å².